The van der Waals surface area contributed by atoms with E-state index in [-0.39, 0.29) is 5.75 Å². The maximum absolute atomic E-state index is 10.8. The van der Waals surface area contributed by atoms with Crippen molar-refractivity contribution in [2.24, 2.45) is 0 Å². The van der Waals surface area contributed by atoms with E-state index in [1.807, 2.05) is 6.07 Å². The average molecular weight is 404 g/mol. The highest BCUT2D eigenvalue weighted by Gasteiger charge is 1.94. The topological polar surface area (TPSA) is 19.9 Å². The smallest absolute Gasteiger partial charge is 0.185 e. The fourth-order valence-corrected chi connectivity index (χ4v) is 3.95. The molecule has 28 heavy (non-hydrogen) atoms. The second-order valence-electron chi connectivity index (χ2n) is 8.05. The highest BCUT2D eigenvalue weighted by Crippen LogP contribution is 2.16. The Morgan fingerprint density at radius 3 is 1.43 bits per heavy atom. The van der Waals surface area contributed by atoms with Gasteiger partial charge in [-0.05, 0) is 6.07 Å². The van der Waals surface area contributed by atoms with E-state index in [0.29, 0.717) is 5.56 Å². The van der Waals surface area contributed by atoms with Gasteiger partial charge in [0.05, 0.1) is 0 Å². The predicted molar refractivity (Wildman–Crippen MR) is 131 cm³/mol. The first kappa shape index (κ1) is 27.0. The van der Waals surface area contributed by atoms with Crippen molar-refractivity contribution in [3.05, 3.63) is 36.4 Å². The third-order valence-electron chi connectivity index (χ3n) is 5.35. The molecule has 2 heteroatoms. The van der Waals surface area contributed by atoms with Gasteiger partial charge in [-0.15, -0.1) is 0 Å². The normalized spacial score (nSPS) is 10.5. The number of unbranched alkanes of at least 4 members (excludes halogenated alkanes) is 15. The lowest BCUT2D eigenvalue weighted by Crippen LogP contribution is -1.83. The molecule has 0 saturated heterocycles. The van der Waals surface area contributed by atoms with E-state index in [0.717, 1.165) is 0 Å². The van der Waals surface area contributed by atoms with Crippen LogP contribution in [0.3, 0.4) is 0 Å². The van der Waals surface area contributed by atoms with Crippen LogP contribution in [0.25, 0.3) is 6.08 Å². The molecule has 0 amide bonds. The maximum atomic E-state index is 10.8. The molecule has 1 aromatic rings. The minimum Gasteiger partial charge on any atom is -0.289 e. The van der Waals surface area contributed by atoms with Crippen molar-refractivity contribution in [3.63, 3.8) is 0 Å². The van der Waals surface area contributed by atoms with Gasteiger partial charge in [-0.1, -0.05) is 147 Å². The third-order valence-corrected chi connectivity index (χ3v) is 6.05. The van der Waals surface area contributed by atoms with Crippen LogP contribution in [0.15, 0.2) is 30.8 Å². The van der Waals surface area contributed by atoms with Crippen molar-refractivity contribution in [1.82, 2.24) is 0 Å². The average Bonchev–Trinajstić information content (AvgIpc) is 2.72. The van der Waals surface area contributed by atoms with Crippen molar-refractivity contribution >= 4 is 16.3 Å². The first-order valence-electron chi connectivity index (χ1n) is 12.1. The van der Waals surface area contributed by atoms with E-state index in [1.165, 1.54) is 125 Å². The van der Waals surface area contributed by atoms with Crippen LogP contribution in [0.2, 0.25) is 6.04 Å². The van der Waals surface area contributed by atoms with Crippen molar-refractivity contribution in [1.29, 1.82) is 0 Å². The highest BCUT2D eigenvalue weighted by molar-refractivity contribution is 6.08. The summed E-state index contributed by atoms with van der Waals surface area (Å²) in [4.78, 5) is 0. The molecule has 0 unspecified atom stereocenters. The molecule has 0 atom stereocenters. The molecule has 161 valence electrons. The van der Waals surface area contributed by atoms with Crippen molar-refractivity contribution in [2.45, 2.75) is 116 Å². The fraction of sp³-hybridized carbons (Fsp3) is 0.692. The number of hydrogen-bond acceptors (Lipinski definition) is 0. The second kappa shape index (κ2) is 22.3. The lowest BCUT2D eigenvalue weighted by molar-refractivity contribution is 0.354. The van der Waals surface area contributed by atoms with E-state index < -0.39 is 0 Å². The zero-order valence-corrected chi connectivity index (χ0v) is 21.0. The third kappa shape index (κ3) is 18.3. The Hall–Kier alpha value is -1.02. The van der Waals surface area contributed by atoms with Gasteiger partial charge in [0, 0.05) is 15.8 Å². The summed E-state index contributed by atoms with van der Waals surface area (Å²) in [5, 5.41) is 10.8. The summed E-state index contributed by atoms with van der Waals surface area (Å²) < 4.78 is 0. The summed E-state index contributed by atoms with van der Waals surface area (Å²) in [6, 6.07) is 8.32. The molecule has 1 nitrogen and oxygen atoms in total. The van der Waals surface area contributed by atoms with Crippen LogP contribution in [0, 0.1) is 0 Å². The highest BCUT2D eigenvalue weighted by atomic mass is 28.1. The maximum Gasteiger partial charge on any atom is 0.185 e. The summed E-state index contributed by atoms with van der Waals surface area (Å²) in [5.74, 6) is 0.0347. The zero-order valence-electron chi connectivity index (χ0n) is 19.0. The molecule has 0 fully saturated rings. The molecule has 1 radical (unpaired) electrons. The monoisotopic (exact) mass is 403 g/mol. The van der Waals surface area contributed by atoms with Crippen LogP contribution in [-0.4, -0.2) is 10.2 Å². The first-order chi connectivity index (χ1) is 13.8. The lowest BCUT2D eigenvalue weighted by atomic mass is 10.0. The van der Waals surface area contributed by atoms with Gasteiger partial charge in [-0.2, -0.15) is 0 Å². The first-order valence-corrected chi connectivity index (χ1v) is 13.6. The van der Waals surface area contributed by atoms with Gasteiger partial charge in [-0.3, -0.25) is 5.11 Å². The molecule has 0 aliphatic rings. The van der Waals surface area contributed by atoms with Gasteiger partial charge in [0.1, 0.15) is 0 Å². The predicted octanol–water partition coefficient (Wildman–Crippen LogP) is 8.51. The lowest BCUT2D eigenvalue weighted by Gasteiger charge is -2.03. The van der Waals surface area contributed by atoms with Crippen LogP contribution < -0.4 is 0 Å². The van der Waals surface area contributed by atoms with Crippen molar-refractivity contribution in [2.75, 3.05) is 0 Å². The van der Waals surface area contributed by atoms with Crippen molar-refractivity contribution < 1.29 is 5.11 Å². The van der Waals surface area contributed by atoms with Gasteiger partial charge in [0.15, 0.2) is 5.75 Å². The van der Waals surface area contributed by atoms with Crippen LogP contribution in [0.5, 0.6) is 5.75 Å². The molecule has 0 aliphatic carbocycles. The Morgan fingerprint density at radius 2 is 1.11 bits per heavy atom. The van der Waals surface area contributed by atoms with E-state index >= 15 is 0 Å². The molecule has 0 bridgehead atoms. The zero-order chi connectivity index (χ0) is 20.7. The minimum atomic E-state index is 0.0347. The molecular weight excluding hydrogens is 356 g/mol. The van der Waals surface area contributed by atoms with E-state index in [1.54, 1.807) is 18.2 Å². The standard InChI is InChI=1S/C18H40Si.C8H7O/c1-2-3-4-5-6-7-8-9-10-11-12-13-14-15-16-17-18-19;1-2-7-5-3-4-6-8(7)9/h2-18H2,1,19H3;2-6H,1H2. The van der Waals surface area contributed by atoms with Gasteiger partial charge < -0.3 is 0 Å². The van der Waals surface area contributed by atoms with Crippen LogP contribution in [-0.2, 0) is 5.11 Å². The van der Waals surface area contributed by atoms with Crippen LogP contribution in [0.1, 0.15) is 115 Å². The number of hydrogen-bond donors (Lipinski definition) is 0. The molecule has 0 aliphatic heterocycles. The van der Waals surface area contributed by atoms with Crippen LogP contribution >= 0.6 is 0 Å². The summed E-state index contributed by atoms with van der Waals surface area (Å²) in [5.41, 5.74) is 0.664. The molecule has 0 saturated carbocycles. The van der Waals surface area contributed by atoms with Crippen LogP contribution in [0.4, 0.5) is 0 Å². The summed E-state index contributed by atoms with van der Waals surface area (Å²) in [7, 11) is 1.41. The Balaban J connectivity index is 0.000000668. The molecular formula is C26H47OSi. The molecule has 0 N–H and O–H groups in total. The summed E-state index contributed by atoms with van der Waals surface area (Å²) >= 11 is 0. The second-order valence-corrected chi connectivity index (χ2v) is 9.05. The van der Waals surface area contributed by atoms with E-state index in [2.05, 4.69) is 13.5 Å². The molecule has 0 aromatic heterocycles. The Morgan fingerprint density at radius 1 is 0.714 bits per heavy atom. The summed E-state index contributed by atoms with van der Waals surface area (Å²) in [6.45, 7) is 5.79. The van der Waals surface area contributed by atoms with Gasteiger partial charge in [0.25, 0.3) is 0 Å². The number of benzene rings is 1. The SMILES string of the molecule is C=Cc1ccccc1[O].CCCCCCCCCCCCCCCCCC[SiH3]. The van der Waals surface area contributed by atoms with E-state index in [4.69, 9.17) is 0 Å². The fourth-order valence-electron chi connectivity index (χ4n) is 3.45. The van der Waals surface area contributed by atoms with Gasteiger partial charge in [0.2, 0.25) is 0 Å². The molecule has 0 spiro atoms. The molecule has 0 heterocycles. The molecule has 1 aromatic carbocycles. The quantitative estimate of drug-likeness (QED) is 0.183. The molecule has 1 rings (SSSR count). The van der Waals surface area contributed by atoms with E-state index in [9.17, 15) is 5.11 Å². The Bertz CT molecular complexity index is 428. The largest absolute Gasteiger partial charge is 0.289 e. The Labute approximate surface area is 179 Å². The minimum absolute atomic E-state index is 0.0347. The number of para-hydroxylation sites is 1. The summed E-state index contributed by atoms with van der Waals surface area (Å²) in [6.07, 6.45) is 25.3. The van der Waals surface area contributed by atoms with Gasteiger partial charge >= 0.3 is 0 Å². The number of rotatable bonds is 17. The Kier molecular flexibility index (Phi) is 21.5. The van der Waals surface area contributed by atoms with Gasteiger partial charge in [-0.25, -0.2) is 0 Å². The van der Waals surface area contributed by atoms with Crippen molar-refractivity contribution in [3.8, 4) is 5.75 Å².